The second-order valence-electron chi connectivity index (χ2n) is 4.96. The van der Waals surface area contributed by atoms with Gasteiger partial charge in [0.1, 0.15) is 6.61 Å². The van der Waals surface area contributed by atoms with E-state index in [1.54, 1.807) is 0 Å². The van der Waals surface area contributed by atoms with Crippen molar-refractivity contribution in [2.24, 2.45) is 5.92 Å². The Kier molecular flexibility index (Phi) is 3.70. The first-order valence-electron chi connectivity index (χ1n) is 6.26. The van der Waals surface area contributed by atoms with E-state index in [4.69, 9.17) is 4.74 Å². The third-order valence-corrected chi connectivity index (χ3v) is 3.35. The molecule has 1 aliphatic heterocycles. The van der Waals surface area contributed by atoms with Gasteiger partial charge >= 0.3 is 6.09 Å². The third-order valence-electron chi connectivity index (χ3n) is 3.35. The summed E-state index contributed by atoms with van der Waals surface area (Å²) in [6.45, 7) is 9.06. The molecule has 1 atom stereocenters. The number of ether oxygens (including phenoxy) is 1. The van der Waals surface area contributed by atoms with Gasteiger partial charge in [0.15, 0.2) is 0 Å². The lowest BCUT2D eigenvalue weighted by molar-refractivity contribution is 0.155. The number of rotatable bonds is 4. The van der Waals surface area contributed by atoms with Crippen molar-refractivity contribution < 1.29 is 9.53 Å². The Labute approximate surface area is 108 Å². The molecular formula is C15H19NO2. The van der Waals surface area contributed by atoms with Crippen molar-refractivity contribution in [2.45, 2.75) is 26.4 Å². The zero-order valence-electron chi connectivity index (χ0n) is 10.9. The van der Waals surface area contributed by atoms with Crippen molar-refractivity contribution >= 4 is 12.2 Å². The van der Waals surface area contributed by atoms with E-state index < -0.39 is 0 Å². The summed E-state index contributed by atoms with van der Waals surface area (Å²) >= 11 is 0. The molecule has 1 amide bonds. The summed E-state index contributed by atoms with van der Waals surface area (Å²) in [5.74, 6) is 0.406. The topological polar surface area (TPSA) is 29.5 Å². The zero-order valence-corrected chi connectivity index (χ0v) is 10.9. The van der Waals surface area contributed by atoms with E-state index in [0.29, 0.717) is 19.1 Å². The molecule has 0 N–H and O–H groups in total. The molecule has 0 aromatic heterocycles. The average molecular weight is 245 g/mol. The van der Waals surface area contributed by atoms with Crippen LogP contribution >= 0.6 is 0 Å². The Morgan fingerprint density at radius 2 is 2.11 bits per heavy atom. The predicted molar refractivity (Wildman–Crippen MR) is 72.1 cm³/mol. The van der Waals surface area contributed by atoms with E-state index in [1.807, 2.05) is 35.2 Å². The highest BCUT2D eigenvalue weighted by Crippen LogP contribution is 2.22. The van der Waals surface area contributed by atoms with Crippen LogP contribution in [0.25, 0.3) is 6.08 Å². The zero-order chi connectivity index (χ0) is 13.1. The molecule has 0 unspecified atom stereocenters. The molecule has 0 spiro atoms. The molecule has 0 saturated carbocycles. The molecular weight excluding hydrogens is 226 g/mol. The predicted octanol–water partition coefficient (Wildman–Crippen LogP) is 3.31. The van der Waals surface area contributed by atoms with Crippen molar-refractivity contribution in [1.82, 2.24) is 4.90 Å². The Morgan fingerprint density at radius 1 is 1.44 bits per heavy atom. The normalized spacial score (nSPS) is 19.2. The van der Waals surface area contributed by atoms with E-state index in [-0.39, 0.29) is 12.1 Å². The molecule has 2 rings (SSSR count). The van der Waals surface area contributed by atoms with E-state index >= 15 is 0 Å². The molecule has 96 valence electrons. The van der Waals surface area contributed by atoms with Crippen LogP contribution in [0.15, 0.2) is 30.8 Å². The van der Waals surface area contributed by atoms with Crippen LogP contribution in [0.5, 0.6) is 0 Å². The number of cyclic esters (lactones) is 1. The van der Waals surface area contributed by atoms with E-state index in [2.05, 4.69) is 20.4 Å². The molecule has 3 nitrogen and oxygen atoms in total. The van der Waals surface area contributed by atoms with E-state index in [1.165, 1.54) is 0 Å². The van der Waals surface area contributed by atoms with Crippen molar-refractivity contribution in [3.63, 3.8) is 0 Å². The standard InChI is InChI=1S/C15H19NO2/c1-4-12-5-7-13(8-6-12)9-16-14(11(2)3)10-18-15(16)17/h4-8,11,14H,1,9-10H2,2-3H3/t14-/m0/s1. The van der Waals surface area contributed by atoms with E-state index in [9.17, 15) is 4.79 Å². The largest absolute Gasteiger partial charge is 0.447 e. The van der Waals surface area contributed by atoms with Gasteiger partial charge in [-0.2, -0.15) is 0 Å². The number of hydrogen-bond donors (Lipinski definition) is 0. The van der Waals surface area contributed by atoms with Gasteiger partial charge in [-0.3, -0.25) is 4.90 Å². The second kappa shape index (κ2) is 5.25. The summed E-state index contributed by atoms with van der Waals surface area (Å²) in [6, 6.07) is 8.25. The van der Waals surface area contributed by atoms with Crippen molar-refractivity contribution in [1.29, 1.82) is 0 Å². The van der Waals surface area contributed by atoms with Gasteiger partial charge in [-0.1, -0.05) is 50.8 Å². The lowest BCUT2D eigenvalue weighted by atomic mass is 10.0. The Hall–Kier alpha value is -1.77. The smallest absolute Gasteiger partial charge is 0.410 e. The van der Waals surface area contributed by atoms with E-state index in [0.717, 1.165) is 11.1 Å². The van der Waals surface area contributed by atoms with Gasteiger partial charge in [0.25, 0.3) is 0 Å². The number of benzene rings is 1. The molecule has 1 fully saturated rings. The molecule has 1 aromatic carbocycles. The minimum Gasteiger partial charge on any atom is -0.447 e. The number of amides is 1. The van der Waals surface area contributed by atoms with Crippen LogP contribution in [-0.2, 0) is 11.3 Å². The number of hydrogen-bond acceptors (Lipinski definition) is 2. The Balaban J connectivity index is 2.10. The monoisotopic (exact) mass is 245 g/mol. The first-order chi connectivity index (χ1) is 8.61. The van der Waals surface area contributed by atoms with Gasteiger partial charge in [0.05, 0.1) is 6.04 Å². The Morgan fingerprint density at radius 3 is 2.67 bits per heavy atom. The molecule has 0 aliphatic carbocycles. The number of nitrogens with zero attached hydrogens (tertiary/aromatic N) is 1. The van der Waals surface area contributed by atoms with Crippen LogP contribution in [0.3, 0.4) is 0 Å². The van der Waals surface area contributed by atoms with Gasteiger partial charge < -0.3 is 4.74 Å². The molecule has 0 radical (unpaired) electrons. The first-order valence-corrected chi connectivity index (χ1v) is 6.26. The molecule has 1 aliphatic rings. The fourth-order valence-electron chi connectivity index (χ4n) is 2.15. The van der Waals surface area contributed by atoms with Crippen molar-refractivity contribution in [3.05, 3.63) is 42.0 Å². The van der Waals surface area contributed by atoms with Crippen LogP contribution in [0.2, 0.25) is 0 Å². The average Bonchev–Trinajstić information content (AvgIpc) is 2.72. The minimum absolute atomic E-state index is 0.177. The van der Waals surface area contributed by atoms with Crippen LogP contribution in [-0.4, -0.2) is 23.6 Å². The van der Waals surface area contributed by atoms with Gasteiger partial charge in [-0.05, 0) is 17.0 Å². The molecule has 1 saturated heterocycles. The summed E-state index contributed by atoms with van der Waals surface area (Å²) in [6.07, 6.45) is 1.60. The van der Waals surface area contributed by atoms with Gasteiger partial charge in [-0.25, -0.2) is 4.79 Å². The number of carbonyl (C=O) groups is 1. The minimum atomic E-state index is -0.207. The van der Waals surface area contributed by atoms with Crippen molar-refractivity contribution in [3.8, 4) is 0 Å². The van der Waals surface area contributed by atoms with Crippen LogP contribution < -0.4 is 0 Å². The molecule has 18 heavy (non-hydrogen) atoms. The van der Waals surface area contributed by atoms with Gasteiger partial charge in [0.2, 0.25) is 0 Å². The highest BCUT2D eigenvalue weighted by Gasteiger charge is 2.34. The maximum absolute atomic E-state index is 11.7. The van der Waals surface area contributed by atoms with Crippen molar-refractivity contribution in [2.75, 3.05) is 6.61 Å². The molecule has 3 heteroatoms. The van der Waals surface area contributed by atoms with Crippen LogP contribution in [0, 0.1) is 5.92 Å². The summed E-state index contributed by atoms with van der Waals surface area (Å²) in [4.78, 5) is 13.5. The SMILES string of the molecule is C=Cc1ccc(CN2C(=O)OC[C@H]2C(C)C)cc1. The highest BCUT2D eigenvalue weighted by atomic mass is 16.6. The summed E-state index contributed by atoms with van der Waals surface area (Å²) in [5, 5.41) is 0. The highest BCUT2D eigenvalue weighted by molar-refractivity contribution is 5.70. The number of carbonyl (C=O) groups excluding carboxylic acids is 1. The third kappa shape index (κ3) is 2.55. The first kappa shape index (κ1) is 12.7. The lowest BCUT2D eigenvalue weighted by Crippen LogP contribution is -2.36. The summed E-state index contributed by atoms with van der Waals surface area (Å²) in [5.41, 5.74) is 2.20. The summed E-state index contributed by atoms with van der Waals surface area (Å²) < 4.78 is 5.13. The quantitative estimate of drug-likeness (QED) is 0.814. The van der Waals surface area contributed by atoms with Gasteiger partial charge in [-0.15, -0.1) is 0 Å². The summed E-state index contributed by atoms with van der Waals surface area (Å²) in [7, 11) is 0. The molecule has 1 aromatic rings. The molecule has 1 heterocycles. The van der Waals surface area contributed by atoms with Gasteiger partial charge in [0, 0.05) is 6.54 Å². The maximum Gasteiger partial charge on any atom is 0.410 e. The fraction of sp³-hybridized carbons (Fsp3) is 0.400. The second-order valence-corrected chi connectivity index (χ2v) is 4.96. The van der Waals surface area contributed by atoms with Crippen LogP contribution in [0.1, 0.15) is 25.0 Å². The fourth-order valence-corrected chi connectivity index (χ4v) is 2.15. The molecule has 0 bridgehead atoms. The Bertz CT molecular complexity index is 436. The maximum atomic E-state index is 11.7. The lowest BCUT2D eigenvalue weighted by Gasteiger charge is -2.24. The van der Waals surface area contributed by atoms with Crippen LogP contribution in [0.4, 0.5) is 4.79 Å².